The van der Waals surface area contributed by atoms with Crippen LogP contribution in [-0.2, 0) is 4.74 Å². The zero-order chi connectivity index (χ0) is 14.1. The molecule has 2 N–H and O–H groups in total. The van der Waals surface area contributed by atoms with Crippen LogP contribution in [0, 0.1) is 0 Å². The highest BCUT2D eigenvalue weighted by Gasteiger charge is 2.35. The molecule has 104 valence electrons. The van der Waals surface area contributed by atoms with E-state index in [0.29, 0.717) is 23.4 Å². The Bertz CT molecular complexity index is 614. The predicted molar refractivity (Wildman–Crippen MR) is 86.4 cm³/mol. The quantitative estimate of drug-likeness (QED) is 0.451. The van der Waals surface area contributed by atoms with Gasteiger partial charge in [-0.15, -0.1) is 0 Å². The molecule has 0 aliphatic carbocycles. The Morgan fingerprint density at radius 2 is 2.40 bits per heavy atom. The van der Waals surface area contributed by atoms with Gasteiger partial charge < -0.3 is 15.1 Å². The SMILES string of the molecule is [B]Nc1ncnc2c1ncn2C1OC(CPI)CC1O. The van der Waals surface area contributed by atoms with E-state index in [0.717, 1.165) is 12.4 Å². The molecule has 0 aromatic carbocycles. The van der Waals surface area contributed by atoms with Gasteiger partial charge in [0, 0.05) is 12.6 Å². The number of aromatic nitrogens is 4. The van der Waals surface area contributed by atoms with Gasteiger partial charge in [-0.05, 0) is 0 Å². The first-order valence-electron chi connectivity index (χ1n) is 6.05. The minimum absolute atomic E-state index is 0.0802. The van der Waals surface area contributed by atoms with E-state index >= 15 is 0 Å². The Morgan fingerprint density at radius 1 is 1.55 bits per heavy atom. The summed E-state index contributed by atoms with van der Waals surface area (Å²) in [7, 11) is 5.40. The Kier molecular flexibility index (Phi) is 4.39. The van der Waals surface area contributed by atoms with Crippen LogP contribution in [0.25, 0.3) is 11.2 Å². The minimum Gasteiger partial charge on any atom is -0.421 e. The minimum atomic E-state index is -0.561. The van der Waals surface area contributed by atoms with Crippen LogP contribution in [0.2, 0.25) is 0 Å². The molecule has 3 rings (SSSR count). The zero-order valence-electron chi connectivity index (χ0n) is 10.4. The number of nitrogens with zero attached hydrogens (tertiary/aromatic N) is 4. The van der Waals surface area contributed by atoms with Crippen molar-refractivity contribution in [2.45, 2.75) is 24.9 Å². The number of anilines is 1. The summed E-state index contributed by atoms with van der Waals surface area (Å²) in [5.41, 5.74) is 1.15. The molecule has 0 saturated carbocycles. The van der Waals surface area contributed by atoms with Crippen molar-refractivity contribution in [2.24, 2.45) is 0 Å². The van der Waals surface area contributed by atoms with Crippen molar-refractivity contribution < 1.29 is 9.84 Å². The van der Waals surface area contributed by atoms with E-state index < -0.39 is 12.3 Å². The molecule has 2 aromatic rings. The molecule has 1 saturated heterocycles. The smallest absolute Gasteiger partial charge is 0.224 e. The number of rotatable bonds is 4. The summed E-state index contributed by atoms with van der Waals surface area (Å²) < 4.78 is 7.64. The van der Waals surface area contributed by atoms with Gasteiger partial charge in [0.25, 0.3) is 0 Å². The summed E-state index contributed by atoms with van der Waals surface area (Å²) in [6, 6.07) is 0. The van der Waals surface area contributed by atoms with Crippen LogP contribution in [0.5, 0.6) is 0 Å². The number of hydrogen-bond donors (Lipinski definition) is 2. The van der Waals surface area contributed by atoms with Gasteiger partial charge in [0.1, 0.15) is 23.8 Å². The molecule has 1 fully saturated rings. The third kappa shape index (κ3) is 2.52. The fourth-order valence-corrected chi connectivity index (χ4v) is 4.25. The summed E-state index contributed by atoms with van der Waals surface area (Å²) in [4.78, 5) is 12.4. The molecular weight excluding hydrogens is 391 g/mol. The summed E-state index contributed by atoms with van der Waals surface area (Å²) in [5, 5.41) is 12.7. The molecule has 4 unspecified atom stereocenters. The first-order chi connectivity index (χ1) is 9.74. The first-order valence-corrected chi connectivity index (χ1v) is 10.4. The molecule has 4 atom stereocenters. The van der Waals surface area contributed by atoms with Gasteiger partial charge in [0.05, 0.1) is 12.4 Å². The maximum atomic E-state index is 10.2. The monoisotopic (exact) mass is 403 g/mol. The molecule has 10 heteroatoms. The molecule has 7 nitrogen and oxygen atoms in total. The average Bonchev–Trinajstić information content (AvgIpc) is 3.02. The Hall–Kier alpha value is -0.505. The molecule has 2 radical (unpaired) electrons. The Balaban J connectivity index is 1.95. The number of halogens is 1. The molecule has 1 aliphatic rings. The van der Waals surface area contributed by atoms with Crippen LogP contribution < -0.4 is 5.23 Å². The molecule has 3 heterocycles. The van der Waals surface area contributed by atoms with E-state index in [1.54, 1.807) is 10.9 Å². The molecular formula is C10H12BIN5O2P. The van der Waals surface area contributed by atoms with E-state index in [1.165, 1.54) is 6.33 Å². The number of nitrogens with one attached hydrogen (secondary N) is 1. The number of aliphatic hydroxyl groups excluding tert-OH is 1. The van der Waals surface area contributed by atoms with Gasteiger partial charge in [0.2, 0.25) is 7.98 Å². The highest BCUT2D eigenvalue weighted by Crippen LogP contribution is 2.35. The van der Waals surface area contributed by atoms with Crippen molar-refractivity contribution >= 4 is 53.2 Å². The lowest BCUT2D eigenvalue weighted by Crippen LogP contribution is -2.19. The second-order valence-corrected chi connectivity index (χ2v) is 7.44. The second kappa shape index (κ2) is 6.09. The normalized spacial score (nSPS) is 26.8. The Labute approximate surface area is 131 Å². The molecule has 0 bridgehead atoms. The number of ether oxygens (including phenoxy) is 1. The van der Waals surface area contributed by atoms with Crippen molar-refractivity contribution in [3.8, 4) is 0 Å². The fourth-order valence-electron chi connectivity index (χ4n) is 2.34. The van der Waals surface area contributed by atoms with Gasteiger partial charge in [-0.3, -0.25) is 4.57 Å². The van der Waals surface area contributed by atoms with Crippen molar-refractivity contribution in [3.63, 3.8) is 0 Å². The zero-order valence-corrected chi connectivity index (χ0v) is 13.6. The maximum Gasteiger partial charge on any atom is 0.224 e. The summed E-state index contributed by atoms with van der Waals surface area (Å²) in [5.74, 6) is 0.450. The third-order valence-corrected chi connectivity index (χ3v) is 5.17. The van der Waals surface area contributed by atoms with E-state index in [1.807, 2.05) is 0 Å². The lowest BCUT2D eigenvalue weighted by atomic mass is 10.2. The maximum absolute atomic E-state index is 10.2. The van der Waals surface area contributed by atoms with Crippen LogP contribution in [0.3, 0.4) is 0 Å². The summed E-state index contributed by atoms with van der Waals surface area (Å²) in [6.45, 7) is 0. The second-order valence-electron chi connectivity index (χ2n) is 4.48. The topological polar surface area (TPSA) is 85.1 Å². The number of imidazole rings is 1. The highest BCUT2D eigenvalue weighted by molar-refractivity contribution is 14.2. The Morgan fingerprint density at radius 3 is 3.15 bits per heavy atom. The molecule has 2 aromatic heterocycles. The van der Waals surface area contributed by atoms with E-state index in [2.05, 4.69) is 42.2 Å². The van der Waals surface area contributed by atoms with Gasteiger partial charge in [-0.25, -0.2) is 15.0 Å². The number of aliphatic hydroxyl groups is 1. The molecule has 0 amide bonds. The van der Waals surface area contributed by atoms with Gasteiger partial charge >= 0.3 is 0 Å². The van der Waals surface area contributed by atoms with Crippen LogP contribution >= 0.6 is 28.3 Å². The average molecular weight is 403 g/mol. The van der Waals surface area contributed by atoms with E-state index in [4.69, 9.17) is 12.7 Å². The highest BCUT2D eigenvalue weighted by atomic mass is 127. The van der Waals surface area contributed by atoms with E-state index in [9.17, 15) is 5.11 Å². The molecule has 20 heavy (non-hydrogen) atoms. The van der Waals surface area contributed by atoms with Crippen LogP contribution in [0.4, 0.5) is 5.82 Å². The predicted octanol–water partition coefficient (Wildman–Crippen LogP) is 0.999. The van der Waals surface area contributed by atoms with Crippen molar-refractivity contribution in [1.29, 1.82) is 0 Å². The summed E-state index contributed by atoms with van der Waals surface area (Å²) >= 11 is 2.33. The standard InChI is InChI=1S/C10H12BIN5O2P/c11-16-8-7-9(14-3-13-8)17(4-15-7)10-6(18)1-5(19-10)2-20-12/h3-6,10,18,20H,1-2H2,(H,13,14,16). The van der Waals surface area contributed by atoms with Crippen LogP contribution in [-0.4, -0.2) is 51.0 Å². The van der Waals surface area contributed by atoms with Gasteiger partial charge in [-0.1, -0.05) is 28.3 Å². The van der Waals surface area contributed by atoms with Crippen molar-refractivity contribution in [2.75, 3.05) is 11.4 Å². The van der Waals surface area contributed by atoms with E-state index in [-0.39, 0.29) is 6.10 Å². The van der Waals surface area contributed by atoms with Gasteiger partial charge in [-0.2, -0.15) is 0 Å². The fraction of sp³-hybridized carbons (Fsp3) is 0.500. The van der Waals surface area contributed by atoms with Gasteiger partial charge in [0.15, 0.2) is 11.9 Å². The summed E-state index contributed by atoms with van der Waals surface area (Å²) in [6.07, 6.45) is 4.42. The number of fused-ring (bicyclic) bond motifs is 1. The molecule has 1 aliphatic heterocycles. The van der Waals surface area contributed by atoms with Crippen LogP contribution in [0.15, 0.2) is 12.7 Å². The van der Waals surface area contributed by atoms with Crippen molar-refractivity contribution in [1.82, 2.24) is 19.5 Å². The lowest BCUT2D eigenvalue weighted by molar-refractivity contribution is -0.0286. The number of hydrogen-bond acceptors (Lipinski definition) is 6. The third-order valence-electron chi connectivity index (χ3n) is 3.24. The largest absolute Gasteiger partial charge is 0.421 e. The van der Waals surface area contributed by atoms with Crippen LogP contribution in [0.1, 0.15) is 12.6 Å². The first kappa shape index (κ1) is 14.4. The van der Waals surface area contributed by atoms with Crippen molar-refractivity contribution in [3.05, 3.63) is 12.7 Å². The lowest BCUT2D eigenvalue weighted by Gasteiger charge is -2.16. The molecule has 0 spiro atoms.